The minimum Gasteiger partial charge on any atom is -0.376 e. The van der Waals surface area contributed by atoms with Crippen LogP contribution < -0.4 is 5.32 Å². The first-order valence-corrected chi connectivity index (χ1v) is 6.91. The van der Waals surface area contributed by atoms with Crippen LogP contribution in [0.15, 0.2) is 18.3 Å². The van der Waals surface area contributed by atoms with Crippen LogP contribution in [0.2, 0.25) is 0 Å². The van der Waals surface area contributed by atoms with E-state index in [1.54, 1.807) is 12.1 Å². The van der Waals surface area contributed by atoms with Crippen LogP contribution in [0, 0.1) is 0 Å². The van der Waals surface area contributed by atoms with Gasteiger partial charge in [0, 0.05) is 6.20 Å². The highest BCUT2D eigenvalue weighted by atomic mass is 16.5. The fourth-order valence-electron chi connectivity index (χ4n) is 2.59. The minimum atomic E-state index is -0.320. The molecule has 2 aliphatic heterocycles. The fraction of sp³-hybridized carbons (Fsp3) is 0.500. The number of carbonyl (C=O) groups excluding carboxylic acids is 2. The zero-order valence-corrected chi connectivity index (χ0v) is 11.2. The summed E-state index contributed by atoms with van der Waals surface area (Å²) in [5, 5.41) is 3.27. The molecule has 6 nitrogen and oxygen atoms in total. The Hall–Kier alpha value is -1.79. The Labute approximate surface area is 117 Å². The van der Waals surface area contributed by atoms with Crippen molar-refractivity contribution in [1.82, 2.24) is 15.2 Å². The van der Waals surface area contributed by atoms with E-state index in [1.807, 2.05) is 0 Å². The van der Waals surface area contributed by atoms with Crippen LogP contribution >= 0.6 is 0 Å². The summed E-state index contributed by atoms with van der Waals surface area (Å²) in [4.78, 5) is 29.4. The number of nitrogens with one attached hydrogen (secondary N) is 1. The minimum absolute atomic E-state index is 0.226. The zero-order chi connectivity index (χ0) is 13.9. The van der Waals surface area contributed by atoms with Gasteiger partial charge in [0.25, 0.3) is 11.8 Å². The van der Waals surface area contributed by atoms with Gasteiger partial charge in [-0.25, -0.2) is 0 Å². The molecule has 2 amide bonds. The van der Waals surface area contributed by atoms with Gasteiger partial charge in [0.15, 0.2) is 0 Å². The van der Waals surface area contributed by atoms with E-state index in [9.17, 15) is 9.59 Å². The van der Waals surface area contributed by atoms with Gasteiger partial charge in [0.1, 0.15) is 5.69 Å². The standard InChI is InChI=1S/C14H17N3O3/c18-13-11-2-1-5-16-12(11)14(19)17(13)8-9-20-10-3-6-15-7-4-10/h1-2,5,10,15H,3-4,6-9H2. The molecule has 1 aromatic rings. The molecule has 0 atom stereocenters. The fourth-order valence-corrected chi connectivity index (χ4v) is 2.59. The van der Waals surface area contributed by atoms with Crippen LogP contribution in [0.1, 0.15) is 33.7 Å². The molecule has 2 aliphatic rings. The highest BCUT2D eigenvalue weighted by molar-refractivity contribution is 6.20. The molecule has 3 heterocycles. The van der Waals surface area contributed by atoms with Gasteiger partial charge in [0.2, 0.25) is 0 Å². The number of piperidine rings is 1. The molecule has 1 fully saturated rings. The van der Waals surface area contributed by atoms with E-state index in [-0.39, 0.29) is 30.2 Å². The van der Waals surface area contributed by atoms with Crippen molar-refractivity contribution in [2.24, 2.45) is 0 Å². The van der Waals surface area contributed by atoms with Crippen LogP contribution in [-0.4, -0.2) is 54.0 Å². The molecule has 0 radical (unpaired) electrons. The number of ether oxygens (including phenoxy) is 1. The van der Waals surface area contributed by atoms with E-state index in [1.165, 1.54) is 11.1 Å². The topological polar surface area (TPSA) is 71.5 Å². The Morgan fingerprint density at radius 3 is 2.85 bits per heavy atom. The number of imide groups is 1. The van der Waals surface area contributed by atoms with Gasteiger partial charge in [-0.2, -0.15) is 0 Å². The van der Waals surface area contributed by atoms with Crippen molar-refractivity contribution < 1.29 is 14.3 Å². The zero-order valence-electron chi connectivity index (χ0n) is 11.2. The smallest absolute Gasteiger partial charge is 0.280 e. The summed E-state index contributed by atoms with van der Waals surface area (Å²) in [6.07, 6.45) is 3.71. The second kappa shape index (κ2) is 5.68. The number of pyridine rings is 1. The van der Waals surface area contributed by atoms with Crippen LogP contribution in [-0.2, 0) is 4.74 Å². The van der Waals surface area contributed by atoms with E-state index in [4.69, 9.17) is 4.74 Å². The number of hydrogen-bond donors (Lipinski definition) is 1. The molecule has 1 aromatic heterocycles. The second-order valence-electron chi connectivity index (χ2n) is 4.98. The molecule has 0 aliphatic carbocycles. The van der Waals surface area contributed by atoms with Gasteiger partial charge in [0.05, 0.1) is 24.8 Å². The van der Waals surface area contributed by atoms with Gasteiger partial charge in [-0.1, -0.05) is 0 Å². The van der Waals surface area contributed by atoms with Crippen molar-refractivity contribution in [3.63, 3.8) is 0 Å². The number of amides is 2. The lowest BCUT2D eigenvalue weighted by molar-refractivity contribution is 0.0200. The number of nitrogens with zero attached hydrogens (tertiary/aromatic N) is 2. The highest BCUT2D eigenvalue weighted by Gasteiger charge is 2.36. The number of rotatable bonds is 4. The number of carbonyl (C=O) groups is 2. The quantitative estimate of drug-likeness (QED) is 0.808. The van der Waals surface area contributed by atoms with Crippen LogP contribution in [0.5, 0.6) is 0 Å². The SMILES string of the molecule is O=C1c2cccnc2C(=O)N1CCOC1CCNCC1. The Morgan fingerprint density at radius 2 is 2.10 bits per heavy atom. The largest absolute Gasteiger partial charge is 0.376 e. The summed E-state index contributed by atoms with van der Waals surface area (Å²) in [6.45, 7) is 2.59. The average molecular weight is 275 g/mol. The van der Waals surface area contributed by atoms with Gasteiger partial charge < -0.3 is 10.1 Å². The molecule has 0 aromatic carbocycles. The third-order valence-electron chi connectivity index (χ3n) is 3.69. The third kappa shape index (κ3) is 2.44. The number of fused-ring (bicyclic) bond motifs is 1. The van der Waals surface area contributed by atoms with E-state index in [2.05, 4.69) is 10.3 Å². The van der Waals surface area contributed by atoms with E-state index in [0.29, 0.717) is 12.2 Å². The number of aromatic nitrogens is 1. The predicted molar refractivity (Wildman–Crippen MR) is 71.4 cm³/mol. The van der Waals surface area contributed by atoms with Crippen LogP contribution in [0.25, 0.3) is 0 Å². The molecule has 20 heavy (non-hydrogen) atoms. The molecule has 3 rings (SSSR count). The first-order valence-electron chi connectivity index (χ1n) is 6.91. The normalized spacial score (nSPS) is 19.5. The van der Waals surface area contributed by atoms with Crippen molar-refractivity contribution in [2.75, 3.05) is 26.2 Å². The summed E-state index contributed by atoms with van der Waals surface area (Å²) in [7, 11) is 0. The second-order valence-corrected chi connectivity index (χ2v) is 4.98. The van der Waals surface area contributed by atoms with Gasteiger partial charge in [-0.05, 0) is 38.1 Å². The lowest BCUT2D eigenvalue weighted by Gasteiger charge is -2.24. The lowest BCUT2D eigenvalue weighted by Crippen LogP contribution is -2.36. The lowest BCUT2D eigenvalue weighted by atomic mass is 10.1. The summed E-state index contributed by atoms with van der Waals surface area (Å²) in [5.74, 6) is -0.591. The maximum atomic E-state index is 12.1. The molecular formula is C14H17N3O3. The number of hydrogen-bond acceptors (Lipinski definition) is 5. The Morgan fingerprint density at radius 1 is 1.30 bits per heavy atom. The molecule has 0 spiro atoms. The average Bonchev–Trinajstić information content (AvgIpc) is 2.74. The van der Waals surface area contributed by atoms with Crippen molar-refractivity contribution >= 4 is 11.8 Å². The maximum Gasteiger partial charge on any atom is 0.280 e. The monoisotopic (exact) mass is 275 g/mol. The van der Waals surface area contributed by atoms with Crippen LogP contribution in [0.3, 0.4) is 0 Å². The first-order chi connectivity index (χ1) is 9.77. The Balaban J connectivity index is 1.56. The Kier molecular flexibility index (Phi) is 3.75. The summed E-state index contributed by atoms with van der Waals surface area (Å²) in [6, 6.07) is 3.30. The summed E-state index contributed by atoms with van der Waals surface area (Å²) in [5.41, 5.74) is 0.638. The van der Waals surface area contributed by atoms with Crippen molar-refractivity contribution in [2.45, 2.75) is 18.9 Å². The molecule has 1 N–H and O–H groups in total. The molecule has 0 bridgehead atoms. The van der Waals surface area contributed by atoms with E-state index in [0.717, 1.165) is 25.9 Å². The Bertz CT molecular complexity index is 491. The molecule has 106 valence electrons. The molecule has 1 saturated heterocycles. The maximum absolute atomic E-state index is 12.1. The van der Waals surface area contributed by atoms with Crippen molar-refractivity contribution in [3.8, 4) is 0 Å². The third-order valence-corrected chi connectivity index (χ3v) is 3.69. The molecular weight excluding hydrogens is 258 g/mol. The molecule has 0 saturated carbocycles. The van der Waals surface area contributed by atoms with Gasteiger partial charge >= 0.3 is 0 Å². The van der Waals surface area contributed by atoms with Crippen molar-refractivity contribution in [3.05, 3.63) is 29.6 Å². The highest BCUT2D eigenvalue weighted by Crippen LogP contribution is 2.20. The van der Waals surface area contributed by atoms with E-state index >= 15 is 0 Å². The summed E-state index contributed by atoms with van der Waals surface area (Å²) >= 11 is 0. The first kappa shape index (κ1) is 13.2. The van der Waals surface area contributed by atoms with Gasteiger partial charge in [-0.15, -0.1) is 0 Å². The van der Waals surface area contributed by atoms with Gasteiger partial charge in [-0.3, -0.25) is 19.5 Å². The molecule has 0 unspecified atom stereocenters. The van der Waals surface area contributed by atoms with Crippen LogP contribution in [0.4, 0.5) is 0 Å². The summed E-state index contributed by atoms with van der Waals surface area (Å²) < 4.78 is 5.73. The van der Waals surface area contributed by atoms with E-state index < -0.39 is 0 Å². The predicted octanol–water partition coefficient (Wildman–Crippen LogP) is 0.446. The molecule has 6 heteroatoms. The van der Waals surface area contributed by atoms with Crippen molar-refractivity contribution in [1.29, 1.82) is 0 Å².